The maximum Gasteiger partial charge on any atom is 0.200 e. The summed E-state index contributed by atoms with van der Waals surface area (Å²) in [6.07, 6.45) is 0.705. The van der Waals surface area contributed by atoms with Crippen LogP contribution in [0.5, 0.6) is 5.75 Å². The van der Waals surface area contributed by atoms with Crippen LogP contribution < -0.4 is 10.2 Å². The van der Waals surface area contributed by atoms with Crippen LogP contribution in [0, 0.1) is 5.92 Å². The lowest BCUT2D eigenvalue weighted by Crippen LogP contribution is -2.25. The standard InChI is InChI=1S/C22H20O3/c1-13-14(2)21-20(12-17(13)15-7-5-4-6-8-15)25-19-10-9-16(24-3)11-18(19)22(21)23/h4-11,13,17H,2,12H2,1,3H3/t13-,17-/m1/s1. The molecule has 2 atom stereocenters. The first-order valence-corrected chi connectivity index (χ1v) is 8.48. The molecule has 2 aromatic carbocycles. The molecule has 25 heavy (non-hydrogen) atoms. The lowest BCUT2D eigenvalue weighted by molar-refractivity contribution is 0.414. The molecule has 0 saturated heterocycles. The maximum atomic E-state index is 13.1. The summed E-state index contributed by atoms with van der Waals surface area (Å²) in [5.74, 6) is 1.83. The van der Waals surface area contributed by atoms with Gasteiger partial charge >= 0.3 is 0 Å². The van der Waals surface area contributed by atoms with Gasteiger partial charge in [0.15, 0.2) is 0 Å². The van der Waals surface area contributed by atoms with Gasteiger partial charge in [0.25, 0.3) is 0 Å². The lowest BCUT2D eigenvalue weighted by atomic mass is 9.73. The molecule has 0 saturated carbocycles. The van der Waals surface area contributed by atoms with E-state index in [4.69, 9.17) is 9.15 Å². The fourth-order valence-electron chi connectivity index (χ4n) is 3.77. The molecule has 0 radical (unpaired) electrons. The van der Waals surface area contributed by atoms with Crippen LogP contribution in [0.1, 0.15) is 29.7 Å². The molecule has 126 valence electrons. The van der Waals surface area contributed by atoms with Gasteiger partial charge in [-0.05, 0) is 41.2 Å². The molecule has 0 fully saturated rings. The molecule has 3 aromatic rings. The predicted molar refractivity (Wildman–Crippen MR) is 100 cm³/mol. The van der Waals surface area contributed by atoms with Gasteiger partial charge in [-0.3, -0.25) is 4.79 Å². The van der Waals surface area contributed by atoms with Crippen LogP contribution in [0.2, 0.25) is 0 Å². The Kier molecular flexibility index (Phi) is 3.72. The maximum absolute atomic E-state index is 13.1. The van der Waals surface area contributed by atoms with Gasteiger partial charge in [-0.2, -0.15) is 0 Å². The summed E-state index contributed by atoms with van der Waals surface area (Å²) >= 11 is 0. The van der Waals surface area contributed by atoms with Crippen molar-refractivity contribution >= 4 is 16.5 Å². The van der Waals surface area contributed by atoms with Crippen molar-refractivity contribution in [2.75, 3.05) is 7.11 Å². The van der Waals surface area contributed by atoms with Gasteiger partial charge in [0, 0.05) is 6.42 Å². The fraction of sp³-hybridized carbons (Fsp3) is 0.227. The van der Waals surface area contributed by atoms with Gasteiger partial charge < -0.3 is 9.15 Å². The highest BCUT2D eigenvalue weighted by Gasteiger charge is 2.33. The molecule has 0 N–H and O–H groups in total. The van der Waals surface area contributed by atoms with Crippen LogP contribution in [-0.2, 0) is 6.42 Å². The molecule has 1 aromatic heterocycles. The van der Waals surface area contributed by atoms with Crippen LogP contribution in [0.4, 0.5) is 0 Å². The largest absolute Gasteiger partial charge is 0.497 e. The molecule has 3 nitrogen and oxygen atoms in total. The van der Waals surface area contributed by atoms with Gasteiger partial charge in [0.1, 0.15) is 17.1 Å². The monoisotopic (exact) mass is 332 g/mol. The third-order valence-corrected chi connectivity index (χ3v) is 5.28. The Morgan fingerprint density at radius 3 is 2.64 bits per heavy atom. The number of ether oxygens (including phenoxy) is 1. The Morgan fingerprint density at radius 2 is 1.92 bits per heavy atom. The van der Waals surface area contributed by atoms with E-state index in [0.717, 1.165) is 11.3 Å². The Labute approximate surface area is 146 Å². The number of hydrogen-bond donors (Lipinski definition) is 0. The van der Waals surface area contributed by atoms with Crippen LogP contribution in [-0.4, -0.2) is 7.11 Å². The van der Waals surface area contributed by atoms with E-state index >= 15 is 0 Å². The smallest absolute Gasteiger partial charge is 0.200 e. The van der Waals surface area contributed by atoms with E-state index in [-0.39, 0.29) is 17.3 Å². The number of hydrogen-bond acceptors (Lipinski definition) is 3. The highest BCUT2D eigenvalue weighted by Crippen LogP contribution is 2.42. The minimum atomic E-state index is -0.0153. The SMILES string of the molecule is C=C1c2c(oc3ccc(OC)cc3c2=O)C[C@@H](c2ccccc2)[C@@H]1C. The average Bonchev–Trinajstić information content (AvgIpc) is 2.65. The van der Waals surface area contributed by atoms with Gasteiger partial charge in [0.05, 0.1) is 18.1 Å². The van der Waals surface area contributed by atoms with Crippen molar-refractivity contribution in [3.05, 3.63) is 82.2 Å². The van der Waals surface area contributed by atoms with Gasteiger partial charge in [-0.25, -0.2) is 0 Å². The van der Waals surface area contributed by atoms with Crippen LogP contribution >= 0.6 is 0 Å². The highest BCUT2D eigenvalue weighted by atomic mass is 16.5. The highest BCUT2D eigenvalue weighted by molar-refractivity contribution is 5.83. The Hall–Kier alpha value is -2.81. The second-order valence-corrected chi connectivity index (χ2v) is 6.63. The van der Waals surface area contributed by atoms with Crippen LogP contribution in [0.3, 0.4) is 0 Å². The summed E-state index contributed by atoms with van der Waals surface area (Å²) < 4.78 is 11.4. The molecule has 3 heteroatoms. The van der Waals surface area contributed by atoms with Crippen molar-refractivity contribution in [3.8, 4) is 5.75 Å². The minimum absolute atomic E-state index is 0.0153. The topological polar surface area (TPSA) is 39.4 Å². The predicted octanol–water partition coefficient (Wildman–Crippen LogP) is 4.79. The van der Waals surface area contributed by atoms with E-state index in [1.165, 1.54) is 5.56 Å². The van der Waals surface area contributed by atoms with Crippen molar-refractivity contribution in [3.63, 3.8) is 0 Å². The quantitative estimate of drug-likeness (QED) is 0.677. The zero-order valence-corrected chi connectivity index (χ0v) is 14.4. The number of methoxy groups -OCH3 is 1. The molecule has 1 aliphatic carbocycles. The molecule has 0 unspecified atom stereocenters. The Balaban J connectivity index is 1.90. The van der Waals surface area contributed by atoms with Crippen molar-refractivity contribution in [2.45, 2.75) is 19.3 Å². The Bertz CT molecular complexity index is 1010. The van der Waals surface area contributed by atoms with Crippen LogP contribution in [0.15, 0.2) is 64.3 Å². The summed E-state index contributed by atoms with van der Waals surface area (Å²) in [5.41, 5.74) is 3.32. The zero-order chi connectivity index (χ0) is 17.6. The minimum Gasteiger partial charge on any atom is -0.497 e. The second-order valence-electron chi connectivity index (χ2n) is 6.63. The van der Waals surface area contributed by atoms with E-state index < -0.39 is 0 Å². The first-order valence-electron chi connectivity index (χ1n) is 8.48. The summed E-state index contributed by atoms with van der Waals surface area (Å²) in [5, 5.41) is 0.546. The van der Waals surface area contributed by atoms with Crippen molar-refractivity contribution in [1.82, 2.24) is 0 Å². The Morgan fingerprint density at radius 1 is 1.16 bits per heavy atom. The first-order chi connectivity index (χ1) is 12.1. The molecule has 0 aliphatic heterocycles. The summed E-state index contributed by atoms with van der Waals surface area (Å²) in [6.45, 7) is 6.37. The van der Waals surface area contributed by atoms with E-state index in [0.29, 0.717) is 28.7 Å². The van der Waals surface area contributed by atoms with E-state index in [2.05, 4.69) is 25.6 Å². The first kappa shape index (κ1) is 15.7. The van der Waals surface area contributed by atoms with E-state index in [1.807, 2.05) is 24.3 Å². The zero-order valence-electron chi connectivity index (χ0n) is 14.4. The molecule has 1 heterocycles. The number of benzene rings is 2. The van der Waals surface area contributed by atoms with Crippen molar-refractivity contribution < 1.29 is 9.15 Å². The van der Waals surface area contributed by atoms with Gasteiger partial charge in [-0.1, -0.05) is 43.8 Å². The number of rotatable bonds is 2. The van der Waals surface area contributed by atoms with Crippen molar-refractivity contribution in [2.24, 2.45) is 5.92 Å². The number of fused-ring (bicyclic) bond motifs is 2. The molecular weight excluding hydrogens is 312 g/mol. The third kappa shape index (κ3) is 2.47. The van der Waals surface area contributed by atoms with E-state index in [9.17, 15) is 4.79 Å². The second kappa shape index (κ2) is 5.92. The molecule has 1 aliphatic rings. The molecule has 0 spiro atoms. The number of allylic oxidation sites excluding steroid dienone is 1. The molecule has 4 rings (SSSR count). The molecule has 0 bridgehead atoms. The molecular formula is C22H20O3. The lowest BCUT2D eigenvalue weighted by Gasteiger charge is -2.31. The molecule has 0 amide bonds. The normalized spacial score (nSPS) is 19.7. The third-order valence-electron chi connectivity index (χ3n) is 5.28. The summed E-state index contributed by atoms with van der Waals surface area (Å²) in [6, 6.07) is 15.7. The summed E-state index contributed by atoms with van der Waals surface area (Å²) in [7, 11) is 1.59. The summed E-state index contributed by atoms with van der Waals surface area (Å²) in [4.78, 5) is 13.1. The average molecular weight is 332 g/mol. The van der Waals surface area contributed by atoms with Gasteiger partial charge in [-0.15, -0.1) is 0 Å². The van der Waals surface area contributed by atoms with Gasteiger partial charge in [0.2, 0.25) is 5.43 Å². The van der Waals surface area contributed by atoms with Crippen molar-refractivity contribution in [1.29, 1.82) is 0 Å². The fourth-order valence-corrected chi connectivity index (χ4v) is 3.77. The van der Waals surface area contributed by atoms with E-state index in [1.54, 1.807) is 19.2 Å². The van der Waals surface area contributed by atoms with Crippen LogP contribution in [0.25, 0.3) is 16.5 Å².